The molecule has 0 N–H and O–H groups in total. The fraction of sp³-hybridized carbons (Fsp3) is 0.953. The lowest BCUT2D eigenvalue weighted by atomic mass is 9.72. The quantitative estimate of drug-likeness (QED) is 0.110. The molecule has 3 aliphatic heterocycles. The van der Waals surface area contributed by atoms with Gasteiger partial charge in [0.05, 0.1) is 36.6 Å². The number of rotatable bonds is 19. The number of piperazine rings is 1. The Bertz CT molecular complexity index is 1100. The Labute approximate surface area is 314 Å². The number of ether oxygens (including phenoxy) is 4. The van der Waals surface area contributed by atoms with E-state index >= 15 is 0 Å². The monoisotopic (exact) mass is 715 g/mol. The molecule has 8 nitrogen and oxygen atoms in total. The van der Waals surface area contributed by atoms with Gasteiger partial charge in [0.25, 0.3) is 0 Å². The van der Waals surface area contributed by atoms with E-state index in [1.54, 1.807) is 0 Å². The number of nitrogens with zero attached hydrogens (tertiary/aromatic N) is 4. The van der Waals surface area contributed by atoms with Crippen LogP contribution in [0.4, 0.5) is 0 Å². The van der Waals surface area contributed by atoms with Crippen molar-refractivity contribution < 1.29 is 18.9 Å². The van der Waals surface area contributed by atoms with Crippen LogP contribution in [0.1, 0.15) is 121 Å². The second-order valence-electron chi connectivity index (χ2n) is 20.2. The Kier molecular flexibility index (Phi) is 14.4. The Balaban J connectivity index is 0.836. The van der Waals surface area contributed by atoms with Crippen molar-refractivity contribution in [2.24, 2.45) is 17.3 Å². The van der Waals surface area contributed by atoms with Gasteiger partial charge < -0.3 is 23.8 Å². The summed E-state index contributed by atoms with van der Waals surface area (Å²) >= 11 is 0. The zero-order valence-electron chi connectivity index (χ0n) is 34.7. The van der Waals surface area contributed by atoms with Crippen molar-refractivity contribution in [3.63, 3.8) is 0 Å². The van der Waals surface area contributed by atoms with Gasteiger partial charge in [-0.1, -0.05) is 11.8 Å². The highest BCUT2D eigenvalue weighted by Gasteiger charge is 2.45. The molecule has 0 amide bonds. The third-order valence-corrected chi connectivity index (χ3v) is 12.1. The van der Waals surface area contributed by atoms with Crippen LogP contribution in [0.5, 0.6) is 0 Å². The highest BCUT2D eigenvalue weighted by Crippen LogP contribution is 2.40. The Morgan fingerprint density at radius 1 is 0.569 bits per heavy atom. The zero-order chi connectivity index (χ0) is 36.9. The summed E-state index contributed by atoms with van der Waals surface area (Å²) in [5.74, 6) is 8.45. The molecule has 0 aromatic rings. The van der Waals surface area contributed by atoms with Crippen LogP contribution < -0.4 is 0 Å². The average molecular weight is 715 g/mol. The minimum atomic E-state index is -0.0399. The number of hydrogen-bond donors (Lipinski definition) is 0. The van der Waals surface area contributed by atoms with Gasteiger partial charge in [-0.05, 0) is 132 Å². The standard InChI is InChI=1S/C43H78N4O4/c1-40(2,3)15-11-16-44-18-20-45(21-19-44)17-12-22-48-38-29-46(30-38)42(7,8)33-43(9,10)47-31-39(32-47)50-24-14-35-25-34(26-35)13-23-49-36-27-37(28-36)51-41(4,5)6/h34-39H,12-14,16-33H2,1-10H3. The lowest BCUT2D eigenvalue weighted by Gasteiger charge is -2.55. The molecule has 5 fully saturated rings. The van der Waals surface area contributed by atoms with Crippen LogP contribution in [0, 0.1) is 29.1 Å². The third kappa shape index (κ3) is 13.5. The Morgan fingerprint density at radius 3 is 1.57 bits per heavy atom. The first-order valence-electron chi connectivity index (χ1n) is 20.9. The van der Waals surface area contributed by atoms with Crippen molar-refractivity contribution in [2.45, 2.75) is 162 Å². The maximum atomic E-state index is 6.35. The molecule has 2 saturated carbocycles. The maximum absolute atomic E-state index is 6.35. The maximum Gasteiger partial charge on any atom is 0.0829 e. The summed E-state index contributed by atoms with van der Waals surface area (Å²) in [7, 11) is 0. The van der Waals surface area contributed by atoms with Gasteiger partial charge in [0.15, 0.2) is 0 Å². The van der Waals surface area contributed by atoms with Crippen molar-refractivity contribution in [2.75, 3.05) is 85.3 Å². The predicted octanol–water partition coefficient (Wildman–Crippen LogP) is 6.56. The largest absolute Gasteiger partial charge is 0.378 e. The smallest absolute Gasteiger partial charge is 0.0829 e. The first kappa shape index (κ1) is 41.4. The van der Waals surface area contributed by atoms with Gasteiger partial charge >= 0.3 is 0 Å². The van der Waals surface area contributed by atoms with E-state index in [9.17, 15) is 0 Å². The van der Waals surface area contributed by atoms with Gasteiger partial charge in [-0.25, -0.2) is 0 Å². The van der Waals surface area contributed by atoms with E-state index in [2.05, 4.69) is 101 Å². The van der Waals surface area contributed by atoms with Crippen LogP contribution in [0.15, 0.2) is 0 Å². The molecule has 51 heavy (non-hydrogen) atoms. The van der Waals surface area contributed by atoms with Crippen LogP contribution >= 0.6 is 0 Å². The topological polar surface area (TPSA) is 49.9 Å². The van der Waals surface area contributed by atoms with Crippen molar-refractivity contribution in [1.29, 1.82) is 0 Å². The van der Waals surface area contributed by atoms with E-state index < -0.39 is 0 Å². The van der Waals surface area contributed by atoms with Crippen molar-refractivity contribution >= 4 is 0 Å². The normalized spacial score (nSPS) is 28.0. The van der Waals surface area contributed by atoms with E-state index in [1.165, 1.54) is 25.7 Å². The summed E-state index contributed by atoms with van der Waals surface area (Å²) in [4.78, 5) is 10.4. The number of likely N-dealkylation sites (tertiary alicyclic amines) is 2. The van der Waals surface area contributed by atoms with Gasteiger partial charge in [0.1, 0.15) is 0 Å². The van der Waals surface area contributed by atoms with Crippen LogP contribution in [0.3, 0.4) is 0 Å². The Hall–Kier alpha value is -0.760. The molecule has 0 aromatic carbocycles. The fourth-order valence-electron chi connectivity index (χ4n) is 8.88. The summed E-state index contributed by atoms with van der Waals surface area (Å²) in [6, 6.07) is 0. The van der Waals surface area contributed by atoms with E-state index in [0.717, 1.165) is 123 Å². The van der Waals surface area contributed by atoms with Gasteiger partial charge in [-0.3, -0.25) is 14.7 Å². The first-order valence-corrected chi connectivity index (χ1v) is 20.9. The molecule has 0 spiro atoms. The summed E-state index contributed by atoms with van der Waals surface area (Å²) in [6.45, 7) is 36.3. The summed E-state index contributed by atoms with van der Waals surface area (Å²) < 4.78 is 24.8. The molecule has 5 aliphatic rings. The van der Waals surface area contributed by atoms with E-state index in [0.29, 0.717) is 24.4 Å². The Morgan fingerprint density at radius 2 is 1.06 bits per heavy atom. The molecule has 2 aliphatic carbocycles. The molecule has 0 aromatic heterocycles. The first-order chi connectivity index (χ1) is 23.9. The SMILES string of the molecule is CC(C)(C)C#CCN1CCN(CCCOC2CN(C(C)(C)CC(C)(C)N3CC(OCCC4CC(CCOC5CC(OC(C)(C)C)C5)C4)C3)C2)CC1. The molecule has 0 unspecified atom stereocenters. The molecule has 0 radical (unpaired) electrons. The van der Waals surface area contributed by atoms with Crippen molar-refractivity contribution in [3.8, 4) is 11.8 Å². The highest BCUT2D eigenvalue weighted by atomic mass is 16.5. The second kappa shape index (κ2) is 17.8. The van der Waals surface area contributed by atoms with E-state index in [-0.39, 0.29) is 22.1 Å². The molecule has 0 atom stereocenters. The molecular formula is C43H78N4O4. The van der Waals surface area contributed by atoms with Crippen molar-refractivity contribution in [1.82, 2.24) is 19.6 Å². The minimum Gasteiger partial charge on any atom is -0.378 e. The van der Waals surface area contributed by atoms with Gasteiger partial charge in [-0.15, -0.1) is 0 Å². The van der Waals surface area contributed by atoms with Crippen molar-refractivity contribution in [3.05, 3.63) is 0 Å². The summed E-state index contributed by atoms with van der Waals surface area (Å²) in [5.41, 5.74) is 0.391. The molecule has 294 valence electrons. The van der Waals surface area contributed by atoms with E-state index in [1.807, 2.05) is 0 Å². The number of hydrogen-bond acceptors (Lipinski definition) is 8. The van der Waals surface area contributed by atoms with Crippen LogP contribution in [0.25, 0.3) is 0 Å². The average Bonchev–Trinajstić information content (AvgIpc) is 2.92. The van der Waals surface area contributed by atoms with Crippen LogP contribution in [-0.2, 0) is 18.9 Å². The molecule has 8 heteroatoms. The second-order valence-corrected chi connectivity index (χ2v) is 20.2. The molecule has 3 saturated heterocycles. The van der Waals surface area contributed by atoms with Gasteiger partial charge in [-0.2, -0.15) is 0 Å². The molecular weight excluding hydrogens is 636 g/mol. The van der Waals surface area contributed by atoms with Crippen LogP contribution in [0.2, 0.25) is 0 Å². The van der Waals surface area contributed by atoms with Gasteiger partial charge in [0, 0.05) is 95.2 Å². The minimum absolute atomic E-state index is 0.0399. The zero-order valence-corrected chi connectivity index (χ0v) is 34.7. The highest BCUT2D eigenvalue weighted by molar-refractivity contribution is 5.09. The van der Waals surface area contributed by atoms with Crippen LogP contribution in [-0.4, -0.2) is 146 Å². The lowest BCUT2D eigenvalue weighted by molar-refractivity contribution is -0.150. The summed E-state index contributed by atoms with van der Waals surface area (Å²) in [5, 5.41) is 0. The fourth-order valence-corrected chi connectivity index (χ4v) is 8.88. The lowest BCUT2D eigenvalue weighted by Crippen LogP contribution is -2.66. The van der Waals surface area contributed by atoms with E-state index in [4.69, 9.17) is 18.9 Å². The molecule has 5 rings (SSSR count). The third-order valence-electron chi connectivity index (χ3n) is 12.1. The molecule has 3 heterocycles. The predicted molar refractivity (Wildman–Crippen MR) is 209 cm³/mol. The van der Waals surface area contributed by atoms with Gasteiger partial charge in [0.2, 0.25) is 0 Å². The molecule has 0 bridgehead atoms. The summed E-state index contributed by atoms with van der Waals surface area (Å²) in [6.07, 6.45) is 11.2.